The number of hydrogen-bond donors (Lipinski definition) is 1. The van der Waals surface area contributed by atoms with Crippen LogP contribution in [0.4, 0.5) is 11.4 Å². The number of esters is 1. The van der Waals surface area contributed by atoms with E-state index in [1.807, 2.05) is 24.3 Å². The van der Waals surface area contributed by atoms with Gasteiger partial charge in [0, 0.05) is 85.1 Å². The summed E-state index contributed by atoms with van der Waals surface area (Å²) in [5.41, 5.74) is 3.95. The van der Waals surface area contributed by atoms with Crippen molar-refractivity contribution in [3.63, 3.8) is 0 Å². The highest BCUT2D eigenvalue weighted by Crippen LogP contribution is 2.57. The van der Waals surface area contributed by atoms with Gasteiger partial charge in [-0.05, 0) is 62.2 Å². The lowest BCUT2D eigenvalue weighted by atomic mass is 9.77. The van der Waals surface area contributed by atoms with Crippen LogP contribution >= 0.6 is 0 Å². The van der Waals surface area contributed by atoms with Crippen LogP contribution in [0.3, 0.4) is 0 Å². The summed E-state index contributed by atoms with van der Waals surface area (Å²) in [5, 5.41) is 2.91. The minimum atomic E-state index is -1.23. The molecule has 9 heteroatoms. The lowest BCUT2D eigenvalue weighted by Gasteiger charge is -2.39. The molecule has 0 unspecified atom stereocenters. The Bertz CT molecular complexity index is 1470. The Hall–Kier alpha value is -4.08. The molecule has 42 heavy (non-hydrogen) atoms. The fraction of sp³-hybridized carbons (Fsp3) is 0.364. The first-order valence-corrected chi connectivity index (χ1v) is 14.7. The molecular formula is C33H34N3O6. The van der Waals surface area contributed by atoms with Crippen LogP contribution in [0.1, 0.15) is 50.2 Å². The summed E-state index contributed by atoms with van der Waals surface area (Å²) in [6.45, 7) is 9.64. The highest BCUT2D eigenvalue weighted by Gasteiger charge is 2.54. The largest absolute Gasteiger partial charge is 0.456 e. The molecule has 0 saturated carbocycles. The summed E-state index contributed by atoms with van der Waals surface area (Å²) in [6.07, 6.45) is 2.33. The molecule has 1 radical (unpaired) electrons. The number of ether oxygens (including phenoxy) is 4. The zero-order valence-electron chi connectivity index (χ0n) is 23.5. The summed E-state index contributed by atoms with van der Waals surface area (Å²) < 4.78 is 23.6. The lowest BCUT2D eigenvalue weighted by Crippen LogP contribution is -2.38. The quantitative estimate of drug-likeness (QED) is 0.287. The van der Waals surface area contributed by atoms with Crippen molar-refractivity contribution in [2.45, 2.75) is 18.4 Å². The van der Waals surface area contributed by atoms with Crippen molar-refractivity contribution < 1.29 is 28.5 Å². The second-order valence-electron chi connectivity index (χ2n) is 11.0. The summed E-state index contributed by atoms with van der Waals surface area (Å²) >= 11 is 0. The predicted octanol–water partition coefficient (Wildman–Crippen LogP) is 4.27. The smallest absolute Gasteiger partial charge is 0.340 e. The first-order valence-electron chi connectivity index (χ1n) is 14.7. The fourth-order valence-electron chi connectivity index (χ4n) is 6.04. The van der Waals surface area contributed by atoms with E-state index in [2.05, 4.69) is 34.2 Å². The minimum absolute atomic E-state index is 0.251. The lowest BCUT2D eigenvalue weighted by molar-refractivity contribution is 0.0224. The highest BCUT2D eigenvalue weighted by molar-refractivity contribution is 6.00. The van der Waals surface area contributed by atoms with Crippen LogP contribution in [0.25, 0.3) is 0 Å². The minimum Gasteiger partial charge on any atom is -0.456 e. The molecule has 4 aliphatic heterocycles. The number of fused-ring (bicyclic) bond motifs is 6. The second-order valence-corrected chi connectivity index (χ2v) is 11.0. The third-order valence-electron chi connectivity index (χ3n) is 8.53. The van der Waals surface area contributed by atoms with Crippen molar-refractivity contribution in [1.82, 2.24) is 5.32 Å². The van der Waals surface area contributed by atoms with Gasteiger partial charge in [-0.1, -0.05) is 0 Å². The van der Waals surface area contributed by atoms with Crippen molar-refractivity contribution in [2.24, 2.45) is 0 Å². The maximum Gasteiger partial charge on any atom is 0.340 e. The number of amides is 1. The number of benzene rings is 3. The van der Waals surface area contributed by atoms with E-state index in [1.165, 1.54) is 0 Å². The van der Waals surface area contributed by atoms with Crippen LogP contribution in [0.15, 0.2) is 54.6 Å². The van der Waals surface area contributed by atoms with Gasteiger partial charge >= 0.3 is 5.97 Å². The van der Waals surface area contributed by atoms with Crippen LogP contribution < -0.4 is 19.9 Å². The van der Waals surface area contributed by atoms with E-state index in [0.717, 1.165) is 61.5 Å². The molecule has 7 rings (SSSR count). The summed E-state index contributed by atoms with van der Waals surface area (Å²) in [4.78, 5) is 31.2. The van der Waals surface area contributed by atoms with Gasteiger partial charge in [-0.2, -0.15) is 0 Å². The van der Waals surface area contributed by atoms with Gasteiger partial charge in [0.2, 0.25) is 0 Å². The van der Waals surface area contributed by atoms with Crippen molar-refractivity contribution in [2.75, 3.05) is 69.0 Å². The van der Waals surface area contributed by atoms with Gasteiger partial charge in [-0.15, -0.1) is 0 Å². The van der Waals surface area contributed by atoms with Crippen molar-refractivity contribution in [3.8, 4) is 11.5 Å². The van der Waals surface area contributed by atoms with Gasteiger partial charge in [0.15, 0.2) is 5.60 Å². The van der Waals surface area contributed by atoms with E-state index >= 15 is 0 Å². The van der Waals surface area contributed by atoms with Gasteiger partial charge in [0.1, 0.15) is 11.5 Å². The van der Waals surface area contributed by atoms with Crippen LogP contribution in [0.2, 0.25) is 0 Å². The van der Waals surface area contributed by atoms with E-state index in [0.29, 0.717) is 61.2 Å². The van der Waals surface area contributed by atoms with E-state index in [4.69, 9.17) is 18.9 Å². The van der Waals surface area contributed by atoms with Crippen LogP contribution in [-0.4, -0.2) is 71.0 Å². The molecule has 4 heterocycles. The first kappa shape index (κ1) is 26.8. The molecule has 1 N–H and O–H groups in total. The molecular weight excluding hydrogens is 534 g/mol. The number of carbonyl (C=O) groups excluding carboxylic acids is 2. The Morgan fingerprint density at radius 2 is 1.48 bits per heavy atom. The summed E-state index contributed by atoms with van der Waals surface area (Å²) in [6, 6.07) is 17.3. The zero-order valence-corrected chi connectivity index (χ0v) is 23.5. The molecule has 3 aromatic carbocycles. The molecule has 217 valence electrons. The predicted molar refractivity (Wildman–Crippen MR) is 158 cm³/mol. The third kappa shape index (κ3) is 4.48. The molecule has 2 fully saturated rings. The van der Waals surface area contributed by atoms with Gasteiger partial charge < -0.3 is 34.1 Å². The first-order chi connectivity index (χ1) is 20.6. The van der Waals surface area contributed by atoms with Crippen molar-refractivity contribution >= 4 is 23.3 Å². The number of rotatable bonds is 10. The number of hydrogen-bond acceptors (Lipinski definition) is 8. The Morgan fingerprint density at radius 3 is 2.07 bits per heavy atom. The van der Waals surface area contributed by atoms with E-state index in [-0.39, 0.29) is 5.91 Å². The molecule has 0 bridgehead atoms. The molecule has 0 aromatic heterocycles. The Kier molecular flexibility index (Phi) is 6.99. The second kappa shape index (κ2) is 11.0. The van der Waals surface area contributed by atoms with Gasteiger partial charge in [0.25, 0.3) is 5.91 Å². The van der Waals surface area contributed by atoms with E-state index in [1.54, 1.807) is 18.2 Å². The molecule has 1 amide bonds. The molecule has 4 aliphatic rings. The number of nitrogens with zero attached hydrogens (tertiary/aromatic N) is 2. The average molecular weight is 569 g/mol. The molecule has 1 spiro atoms. The number of anilines is 2. The standard InChI is InChI=1S/C33H34N3O6/c1-2-39-17-18-40-16-11-34-31(37)22-5-8-25-28(19-22)33(42-32(25)38)26-9-6-23(35-12-3-13-35)20-29(26)41-30-21-24(7-10-27(30)33)36-14-4-15-36/h5-10,19-21H,1-4,11-18H2,(H,34,37). The van der Waals surface area contributed by atoms with E-state index < -0.39 is 11.6 Å². The van der Waals surface area contributed by atoms with Crippen LogP contribution in [-0.2, 0) is 19.8 Å². The van der Waals surface area contributed by atoms with Crippen LogP contribution in [0.5, 0.6) is 11.5 Å². The van der Waals surface area contributed by atoms with Gasteiger partial charge in [-0.25, -0.2) is 4.79 Å². The van der Waals surface area contributed by atoms with Crippen molar-refractivity contribution in [1.29, 1.82) is 0 Å². The van der Waals surface area contributed by atoms with Gasteiger partial charge in [0.05, 0.1) is 25.4 Å². The number of nitrogens with one attached hydrogen (secondary N) is 1. The third-order valence-corrected chi connectivity index (χ3v) is 8.53. The molecule has 2 saturated heterocycles. The maximum atomic E-state index is 13.4. The SMILES string of the molecule is [CH2]COCCOCCNC(=O)c1ccc2c(c1)C1(OC2=O)c2ccc(N3CCC3)cc2Oc2cc(N3CCC3)ccc21. The van der Waals surface area contributed by atoms with E-state index in [9.17, 15) is 9.59 Å². The monoisotopic (exact) mass is 568 g/mol. The number of carbonyl (C=O) groups is 2. The molecule has 9 nitrogen and oxygen atoms in total. The van der Waals surface area contributed by atoms with Gasteiger partial charge in [-0.3, -0.25) is 4.79 Å². The normalized spacial score (nSPS) is 17.4. The topological polar surface area (TPSA) is 89.6 Å². The average Bonchev–Trinajstić information content (AvgIpc) is 3.22. The molecule has 3 aromatic rings. The highest BCUT2D eigenvalue weighted by atomic mass is 16.6. The summed E-state index contributed by atoms with van der Waals surface area (Å²) in [7, 11) is 0. The Morgan fingerprint density at radius 1 is 0.833 bits per heavy atom. The summed E-state index contributed by atoms with van der Waals surface area (Å²) in [5.74, 6) is 0.636. The molecule has 0 aliphatic carbocycles. The Balaban J connectivity index is 1.25. The zero-order chi connectivity index (χ0) is 28.7. The Labute approximate surface area is 245 Å². The van der Waals surface area contributed by atoms with Crippen molar-refractivity contribution in [3.05, 3.63) is 89.3 Å². The fourth-order valence-corrected chi connectivity index (χ4v) is 6.04. The molecule has 0 atom stereocenters. The van der Waals surface area contributed by atoms with Crippen LogP contribution in [0, 0.1) is 6.92 Å². The maximum absolute atomic E-state index is 13.4.